The van der Waals surface area contributed by atoms with Gasteiger partial charge in [-0.3, -0.25) is 4.79 Å². The summed E-state index contributed by atoms with van der Waals surface area (Å²) in [5, 5.41) is 2.70. The molecule has 0 fully saturated rings. The van der Waals surface area contributed by atoms with E-state index >= 15 is 0 Å². The second-order valence-electron chi connectivity index (χ2n) is 3.87. The smallest absolute Gasteiger partial charge is 0.241 e. The monoisotopic (exact) mass is 222 g/mol. The number of amides is 1. The maximum Gasteiger partial charge on any atom is 0.241 e. The molecule has 1 aromatic heterocycles. The molecule has 0 bridgehead atoms. The molecule has 5 nitrogen and oxygen atoms in total. The van der Waals surface area contributed by atoms with Crippen molar-refractivity contribution >= 4 is 17.4 Å². The number of pyridine rings is 1. The Bertz CT molecular complexity index is 350. The molecule has 0 radical (unpaired) electrons. The van der Waals surface area contributed by atoms with Gasteiger partial charge in [0, 0.05) is 0 Å². The SMILES string of the molecule is CCC(C)C(N)C(=O)Nc1ccc(N)nc1. The maximum atomic E-state index is 11.7. The predicted molar refractivity (Wildman–Crippen MR) is 64.7 cm³/mol. The molecule has 0 aliphatic heterocycles. The van der Waals surface area contributed by atoms with E-state index in [2.05, 4.69) is 10.3 Å². The number of carbonyl (C=O) groups excluding carboxylic acids is 1. The lowest BCUT2D eigenvalue weighted by atomic mass is 9.99. The van der Waals surface area contributed by atoms with E-state index < -0.39 is 6.04 Å². The van der Waals surface area contributed by atoms with Crippen LogP contribution in [-0.4, -0.2) is 16.9 Å². The number of nitrogens with one attached hydrogen (secondary N) is 1. The summed E-state index contributed by atoms with van der Waals surface area (Å²) < 4.78 is 0. The van der Waals surface area contributed by atoms with Gasteiger partial charge < -0.3 is 16.8 Å². The van der Waals surface area contributed by atoms with Gasteiger partial charge in [-0.15, -0.1) is 0 Å². The van der Waals surface area contributed by atoms with Gasteiger partial charge in [-0.2, -0.15) is 0 Å². The summed E-state index contributed by atoms with van der Waals surface area (Å²) in [5.74, 6) is 0.381. The number of hydrogen-bond donors (Lipinski definition) is 3. The van der Waals surface area contributed by atoms with Crippen molar-refractivity contribution in [1.29, 1.82) is 0 Å². The van der Waals surface area contributed by atoms with Crippen molar-refractivity contribution < 1.29 is 4.79 Å². The molecule has 0 spiro atoms. The van der Waals surface area contributed by atoms with E-state index in [1.807, 2.05) is 13.8 Å². The van der Waals surface area contributed by atoms with E-state index in [0.29, 0.717) is 11.5 Å². The molecule has 0 saturated heterocycles. The normalized spacial score (nSPS) is 14.2. The van der Waals surface area contributed by atoms with Gasteiger partial charge in [0.25, 0.3) is 0 Å². The molecule has 2 atom stereocenters. The number of nitrogens with zero attached hydrogens (tertiary/aromatic N) is 1. The van der Waals surface area contributed by atoms with Crippen LogP contribution in [0, 0.1) is 5.92 Å². The summed E-state index contributed by atoms with van der Waals surface area (Å²) in [6, 6.07) is 2.83. The molecule has 1 amide bonds. The summed E-state index contributed by atoms with van der Waals surface area (Å²) in [6.45, 7) is 3.95. The highest BCUT2D eigenvalue weighted by Gasteiger charge is 2.19. The van der Waals surface area contributed by atoms with Crippen LogP contribution in [0.5, 0.6) is 0 Å². The summed E-state index contributed by atoms with van der Waals surface area (Å²) in [7, 11) is 0. The van der Waals surface area contributed by atoms with Gasteiger partial charge in [-0.25, -0.2) is 4.98 Å². The second kappa shape index (κ2) is 5.46. The fourth-order valence-corrected chi connectivity index (χ4v) is 1.22. The Morgan fingerprint density at radius 3 is 2.75 bits per heavy atom. The third kappa shape index (κ3) is 3.20. The van der Waals surface area contributed by atoms with Crippen LogP contribution in [0.4, 0.5) is 11.5 Å². The number of nitrogens with two attached hydrogens (primary N) is 2. The van der Waals surface area contributed by atoms with Crippen molar-refractivity contribution in [3.8, 4) is 0 Å². The van der Waals surface area contributed by atoms with Gasteiger partial charge in [-0.1, -0.05) is 20.3 Å². The molecular formula is C11H18N4O. The Kier molecular flexibility index (Phi) is 4.25. The first-order valence-corrected chi connectivity index (χ1v) is 5.32. The van der Waals surface area contributed by atoms with Crippen LogP contribution < -0.4 is 16.8 Å². The zero-order valence-electron chi connectivity index (χ0n) is 9.60. The summed E-state index contributed by atoms with van der Waals surface area (Å²) in [4.78, 5) is 15.6. The highest BCUT2D eigenvalue weighted by atomic mass is 16.2. The van der Waals surface area contributed by atoms with E-state index in [0.717, 1.165) is 6.42 Å². The molecule has 5 N–H and O–H groups in total. The molecule has 0 saturated carbocycles. The number of hydrogen-bond acceptors (Lipinski definition) is 4. The number of anilines is 2. The zero-order valence-corrected chi connectivity index (χ0v) is 9.60. The molecule has 5 heteroatoms. The van der Waals surface area contributed by atoms with Crippen molar-refractivity contribution in [2.24, 2.45) is 11.7 Å². The lowest BCUT2D eigenvalue weighted by Crippen LogP contribution is -2.40. The number of carbonyl (C=O) groups is 1. The van der Waals surface area contributed by atoms with Crippen LogP contribution in [0.3, 0.4) is 0 Å². The topological polar surface area (TPSA) is 94.0 Å². The highest BCUT2D eigenvalue weighted by molar-refractivity contribution is 5.94. The van der Waals surface area contributed by atoms with Gasteiger partial charge in [0.15, 0.2) is 0 Å². The Hall–Kier alpha value is -1.62. The average Bonchev–Trinajstić information content (AvgIpc) is 2.30. The van der Waals surface area contributed by atoms with Crippen molar-refractivity contribution in [2.75, 3.05) is 11.1 Å². The lowest BCUT2D eigenvalue weighted by Gasteiger charge is -2.17. The summed E-state index contributed by atoms with van der Waals surface area (Å²) >= 11 is 0. The molecule has 1 rings (SSSR count). The maximum absolute atomic E-state index is 11.7. The minimum atomic E-state index is -0.498. The number of rotatable bonds is 4. The molecule has 2 unspecified atom stereocenters. The predicted octanol–water partition coefficient (Wildman–Crippen LogP) is 0.976. The molecule has 1 aromatic rings. The fourth-order valence-electron chi connectivity index (χ4n) is 1.22. The summed E-state index contributed by atoms with van der Waals surface area (Å²) in [6.07, 6.45) is 2.38. The van der Waals surface area contributed by atoms with E-state index in [4.69, 9.17) is 11.5 Å². The van der Waals surface area contributed by atoms with Crippen molar-refractivity contribution in [3.63, 3.8) is 0 Å². The third-order valence-electron chi connectivity index (χ3n) is 2.61. The highest BCUT2D eigenvalue weighted by Crippen LogP contribution is 2.10. The molecular weight excluding hydrogens is 204 g/mol. The van der Waals surface area contributed by atoms with Crippen molar-refractivity contribution in [2.45, 2.75) is 26.3 Å². The molecule has 0 aliphatic carbocycles. The Balaban J connectivity index is 2.60. The van der Waals surface area contributed by atoms with Gasteiger partial charge in [0.2, 0.25) is 5.91 Å². The van der Waals surface area contributed by atoms with Gasteiger partial charge >= 0.3 is 0 Å². The first-order chi connectivity index (χ1) is 7.54. The zero-order chi connectivity index (χ0) is 12.1. The first-order valence-electron chi connectivity index (χ1n) is 5.32. The van der Waals surface area contributed by atoms with E-state index in [1.54, 1.807) is 12.1 Å². The van der Waals surface area contributed by atoms with Crippen molar-refractivity contribution in [1.82, 2.24) is 4.98 Å². The van der Waals surface area contributed by atoms with Crippen molar-refractivity contribution in [3.05, 3.63) is 18.3 Å². The van der Waals surface area contributed by atoms with Crippen LogP contribution in [0.15, 0.2) is 18.3 Å². The Morgan fingerprint density at radius 2 is 2.25 bits per heavy atom. The van der Waals surface area contributed by atoms with Crippen LogP contribution in [0.25, 0.3) is 0 Å². The number of nitrogen functional groups attached to an aromatic ring is 1. The molecule has 0 aliphatic rings. The van der Waals surface area contributed by atoms with Crippen LogP contribution in [-0.2, 0) is 4.79 Å². The van der Waals surface area contributed by atoms with Crippen LogP contribution >= 0.6 is 0 Å². The van der Waals surface area contributed by atoms with E-state index in [-0.39, 0.29) is 11.8 Å². The molecule has 0 aromatic carbocycles. The first kappa shape index (κ1) is 12.4. The van der Waals surface area contributed by atoms with E-state index in [9.17, 15) is 4.79 Å². The molecule has 16 heavy (non-hydrogen) atoms. The molecule has 88 valence electrons. The second-order valence-corrected chi connectivity index (χ2v) is 3.87. The minimum absolute atomic E-state index is 0.154. The largest absolute Gasteiger partial charge is 0.384 e. The van der Waals surface area contributed by atoms with Gasteiger partial charge in [0.05, 0.1) is 17.9 Å². The molecule has 1 heterocycles. The Morgan fingerprint density at radius 1 is 1.56 bits per heavy atom. The Labute approximate surface area is 95.2 Å². The van der Waals surface area contributed by atoms with E-state index in [1.165, 1.54) is 6.20 Å². The third-order valence-corrected chi connectivity index (χ3v) is 2.61. The quantitative estimate of drug-likeness (QED) is 0.707. The lowest BCUT2D eigenvalue weighted by molar-refractivity contribution is -0.118. The van der Waals surface area contributed by atoms with Crippen LogP contribution in [0.2, 0.25) is 0 Å². The summed E-state index contributed by atoms with van der Waals surface area (Å²) in [5.41, 5.74) is 11.8. The average molecular weight is 222 g/mol. The minimum Gasteiger partial charge on any atom is -0.384 e. The fraction of sp³-hybridized carbons (Fsp3) is 0.455. The number of aromatic nitrogens is 1. The van der Waals surface area contributed by atoms with Crippen LogP contribution in [0.1, 0.15) is 20.3 Å². The van der Waals surface area contributed by atoms with Gasteiger partial charge in [-0.05, 0) is 18.1 Å². The standard InChI is InChI=1S/C11H18N4O/c1-3-7(2)10(13)11(16)15-8-4-5-9(12)14-6-8/h4-7,10H,3,13H2,1-2H3,(H2,12,14)(H,15,16). The van der Waals surface area contributed by atoms with Gasteiger partial charge in [0.1, 0.15) is 5.82 Å².